The second-order valence-electron chi connectivity index (χ2n) is 5.02. The van der Waals surface area contributed by atoms with Crippen molar-refractivity contribution < 1.29 is 0 Å². The molecular formula is C14H25N3S2. The molecule has 108 valence electrons. The second kappa shape index (κ2) is 7.50. The molecule has 19 heavy (non-hydrogen) atoms. The van der Waals surface area contributed by atoms with Crippen molar-refractivity contribution in [3.8, 4) is 0 Å². The van der Waals surface area contributed by atoms with E-state index in [1.54, 1.807) is 0 Å². The first-order valence-corrected chi connectivity index (χ1v) is 9.17. The van der Waals surface area contributed by atoms with Gasteiger partial charge in [-0.2, -0.15) is 11.8 Å². The van der Waals surface area contributed by atoms with Crippen molar-refractivity contribution in [2.24, 2.45) is 0 Å². The quantitative estimate of drug-likeness (QED) is 0.873. The maximum atomic E-state index is 4.91. The van der Waals surface area contributed by atoms with Gasteiger partial charge < -0.3 is 10.2 Å². The molecule has 0 amide bonds. The van der Waals surface area contributed by atoms with Crippen LogP contribution in [0.15, 0.2) is 0 Å². The molecule has 1 unspecified atom stereocenters. The summed E-state index contributed by atoms with van der Waals surface area (Å²) in [6, 6.07) is 0. The van der Waals surface area contributed by atoms with Crippen molar-refractivity contribution in [3.63, 3.8) is 0 Å². The second-order valence-corrected chi connectivity index (χ2v) is 7.63. The van der Waals surface area contributed by atoms with E-state index in [1.165, 1.54) is 27.9 Å². The lowest BCUT2D eigenvalue weighted by atomic mass is 10.2. The zero-order valence-corrected chi connectivity index (χ0v) is 13.9. The minimum atomic E-state index is 0.726. The van der Waals surface area contributed by atoms with Crippen molar-refractivity contribution in [2.75, 3.05) is 30.3 Å². The number of rotatable bonds is 6. The third-order valence-corrected chi connectivity index (χ3v) is 5.60. The average molecular weight is 300 g/mol. The molecule has 0 spiro atoms. The number of anilines is 1. The maximum Gasteiger partial charge on any atom is 0.185 e. The molecule has 1 aromatic rings. The van der Waals surface area contributed by atoms with Gasteiger partial charge in [0.1, 0.15) is 0 Å². The van der Waals surface area contributed by atoms with Crippen molar-refractivity contribution in [3.05, 3.63) is 10.6 Å². The van der Waals surface area contributed by atoms with Crippen molar-refractivity contribution >= 4 is 28.2 Å². The Balaban J connectivity index is 2.11. The third kappa shape index (κ3) is 4.10. The highest BCUT2D eigenvalue weighted by molar-refractivity contribution is 8.00. The predicted molar refractivity (Wildman–Crippen MR) is 87.6 cm³/mol. The zero-order valence-electron chi connectivity index (χ0n) is 12.2. The van der Waals surface area contributed by atoms with E-state index in [1.807, 2.05) is 11.3 Å². The first kappa shape index (κ1) is 15.1. The molecule has 2 rings (SSSR count). The predicted octanol–water partition coefficient (Wildman–Crippen LogP) is 3.15. The Morgan fingerprint density at radius 1 is 1.42 bits per heavy atom. The molecule has 1 aliphatic heterocycles. The fraction of sp³-hybridized carbons (Fsp3) is 0.786. The number of aromatic nitrogens is 1. The van der Waals surface area contributed by atoms with E-state index in [9.17, 15) is 0 Å². The van der Waals surface area contributed by atoms with Crippen LogP contribution in [0.3, 0.4) is 0 Å². The molecule has 0 aromatic carbocycles. The van der Waals surface area contributed by atoms with Gasteiger partial charge in [0.15, 0.2) is 5.13 Å². The van der Waals surface area contributed by atoms with Gasteiger partial charge in [0.05, 0.1) is 5.69 Å². The normalized spacial score (nSPS) is 19.9. The molecule has 1 fully saturated rings. The van der Waals surface area contributed by atoms with Gasteiger partial charge in [-0.3, -0.25) is 0 Å². The van der Waals surface area contributed by atoms with Crippen LogP contribution in [0, 0.1) is 0 Å². The Labute approximate surface area is 125 Å². The van der Waals surface area contributed by atoms with Crippen LogP contribution in [0.2, 0.25) is 0 Å². The standard InChI is InChI=1S/C14H25N3S2/c1-4-6-12-13(9-15-5-2)19-14(16-12)17-7-8-18-11(3)10-17/h11,15H,4-10H2,1-3H3. The Hall–Kier alpha value is -0.260. The largest absolute Gasteiger partial charge is 0.346 e. The summed E-state index contributed by atoms with van der Waals surface area (Å²) in [5.41, 5.74) is 1.31. The van der Waals surface area contributed by atoms with E-state index >= 15 is 0 Å². The monoisotopic (exact) mass is 299 g/mol. The number of hydrogen-bond acceptors (Lipinski definition) is 5. The average Bonchev–Trinajstić information content (AvgIpc) is 2.80. The summed E-state index contributed by atoms with van der Waals surface area (Å²) in [6.45, 7) is 11.0. The lowest BCUT2D eigenvalue weighted by molar-refractivity contribution is 0.722. The molecule has 0 aliphatic carbocycles. The molecule has 1 N–H and O–H groups in total. The number of aryl methyl sites for hydroxylation is 1. The van der Waals surface area contributed by atoms with Gasteiger partial charge >= 0.3 is 0 Å². The smallest absolute Gasteiger partial charge is 0.185 e. The molecule has 1 atom stereocenters. The van der Waals surface area contributed by atoms with Gasteiger partial charge in [0.2, 0.25) is 0 Å². The highest BCUT2D eigenvalue weighted by Crippen LogP contribution is 2.30. The van der Waals surface area contributed by atoms with Crippen LogP contribution in [0.25, 0.3) is 0 Å². The van der Waals surface area contributed by atoms with Crippen LogP contribution in [0.4, 0.5) is 5.13 Å². The number of nitrogens with one attached hydrogen (secondary N) is 1. The molecule has 1 aliphatic rings. The Kier molecular flexibility index (Phi) is 5.98. The van der Waals surface area contributed by atoms with Crippen LogP contribution in [-0.2, 0) is 13.0 Å². The van der Waals surface area contributed by atoms with Crippen LogP contribution in [0.1, 0.15) is 37.8 Å². The minimum Gasteiger partial charge on any atom is -0.346 e. The molecule has 2 heterocycles. The van der Waals surface area contributed by atoms with Gasteiger partial charge in [0.25, 0.3) is 0 Å². The van der Waals surface area contributed by atoms with E-state index < -0.39 is 0 Å². The van der Waals surface area contributed by atoms with Crippen LogP contribution >= 0.6 is 23.1 Å². The van der Waals surface area contributed by atoms with Gasteiger partial charge in [0, 0.05) is 35.5 Å². The highest BCUT2D eigenvalue weighted by Gasteiger charge is 2.21. The zero-order chi connectivity index (χ0) is 13.7. The Morgan fingerprint density at radius 2 is 2.26 bits per heavy atom. The number of thiazole rings is 1. The summed E-state index contributed by atoms with van der Waals surface area (Å²) in [4.78, 5) is 8.81. The number of hydrogen-bond donors (Lipinski definition) is 1. The summed E-state index contributed by atoms with van der Waals surface area (Å²) in [5, 5.41) is 5.40. The molecular weight excluding hydrogens is 274 g/mol. The summed E-state index contributed by atoms with van der Waals surface area (Å²) < 4.78 is 0. The van der Waals surface area contributed by atoms with Crippen molar-refractivity contribution in [1.82, 2.24) is 10.3 Å². The van der Waals surface area contributed by atoms with Gasteiger partial charge in [-0.05, 0) is 13.0 Å². The molecule has 3 nitrogen and oxygen atoms in total. The minimum absolute atomic E-state index is 0.726. The molecule has 0 bridgehead atoms. The first-order chi connectivity index (χ1) is 9.24. The van der Waals surface area contributed by atoms with Crippen LogP contribution < -0.4 is 10.2 Å². The first-order valence-electron chi connectivity index (χ1n) is 7.30. The van der Waals surface area contributed by atoms with Crippen LogP contribution in [0.5, 0.6) is 0 Å². The molecule has 0 radical (unpaired) electrons. The van der Waals surface area contributed by atoms with E-state index in [4.69, 9.17) is 4.98 Å². The molecule has 1 saturated heterocycles. The fourth-order valence-corrected chi connectivity index (χ4v) is 4.43. The van der Waals surface area contributed by atoms with Gasteiger partial charge in [-0.15, -0.1) is 11.3 Å². The Morgan fingerprint density at radius 3 is 2.95 bits per heavy atom. The van der Waals surface area contributed by atoms with E-state index in [-0.39, 0.29) is 0 Å². The van der Waals surface area contributed by atoms with E-state index in [0.29, 0.717) is 0 Å². The number of thioether (sulfide) groups is 1. The summed E-state index contributed by atoms with van der Waals surface area (Å²) in [6.07, 6.45) is 2.28. The van der Waals surface area contributed by atoms with Gasteiger partial charge in [-0.25, -0.2) is 4.98 Å². The summed E-state index contributed by atoms with van der Waals surface area (Å²) in [5.74, 6) is 1.23. The lowest BCUT2D eigenvalue weighted by Gasteiger charge is -2.30. The SMILES string of the molecule is CCCc1nc(N2CCSC(C)C2)sc1CNCC. The third-order valence-electron chi connectivity index (χ3n) is 3.30. The molecule has 1 aromatic heterocycles. The molecule has 0 saturated carbocycles. The fourth-order valence-electron chi connectivity index (χ4n) is 2.31. The molecule has 5 heteroatoms. The van der Waals surface area contributed by atoms with Crippen molar-refractivity contribution in [2.45, 2.75) is 45.4 Å². The summed E-state index contributed by atoms with van der Waals surface area (Å²) in [7, 11) is 0. The van der Waals surface area contributed by atoms with E-state index in [2.05, 4.69) is 42.7 Å². The Bertz CT molecular complexity index is 392. The van der Waals surface area contributed by atoms with E-state index in [0.717, 1.165) is 37.8 Å². The summed E-state index contributed by atoms with van der Waals surface area (Å²) >= 11 is 3.97. The lowest BCUT2D eigenvalue weighted by Crippen LogP contribution is -2.36. The van der Waals surface area contributed by atoms with Crippen LogP contribution in [-0.4, -0.2) is 35.6 Å². The topological polar surface area (TPSA) is 28.2 Å². The van der Waals surface area contributed by atoms with Crippen molar-refractivity contribution in [1.29, 1.82) is 0 Å². The van der Waals surface area contributed by atoms with Gasteiger partial charge in [-0.1, -0.05) is 27.2 Å². The number of nitrogens with zero attached hydrogens (tertiary/aromatic N) is 2. The highest BCUT2D eigenvalue weighted by atomic mass is 32.2. The maximum absolute atomic E-state index is 4.91.